The van der Waals surface area contributed by atoms with Crippen molar-refractivity contribution in [3.8, 4) is 5.75 Å². The lowest BCUT2D eigenvalue weighted by molar-refractivity contribution is 0.0977. The van der Waals surface area contributed by atoms with Gasteiger partial charge in [0.25, 0.3) is 5.91 Å². The third-order valence-corrected chi connectivity index (χ3v) is 5.67. The molecule has 2 aromatic carbocycles. The van der Waals surface area contributed by atoms with E-state index >= 15 is 0 Å². The number of morpholine rings is 1. The van der Waals surface area contributed by atoms with Crippen molar-refractivity contribution in [2.24, 2.45) is 0 Å². The number of nitrogens with one attached hydrogen (secondary N) is 2. The van der Waals surface area contributed by atoms with E-state index in [1.807, 2.05) is 6.07 Å². The van der Waals surface area contributed by atoms with Crippen LogP contribution < -0.4 is 20.3 Å². The van der Waals surface area contributed by atoms with E-state index in [9.17, 15) is 4.79 Å². The Balaban J connectivity index is 1.43. The van der Waals surface area contributed by atoms with Crippen LogP contribution >= 0.6 is 23.6 Å². The molecule has 29 heavy (non-hydrogen) atoms. The number of amides is 1. The van der Waals surface area contributed by atoms with Crippen molar-refractivity contribution in [3.05, 3.63) is 48.0 Å². The zero-order valence-corrected chi connectivity index (χ0v) is 17.4. The summed E-state index contributed by atoms with van der Waals surface area (Å²) >= 11 is 6.77. The molecule has 1 amide bonds. The number of hydrogen-bond acceptors (Lipinski definition) is 7. The summed E-state index contributed by atoms with van der Waals surface area (Å²) < 4.78 is 11.6. The standard InChI is InChI=1S/C20H20N4O3S2/c1-26-15-4-2-3-13(11-15)18(25)22-19(28)23-20-21-16-6-5-14(12-17(16)29-20)24-7-9-27-10-8-24/h2-6,11-12H,7-10H2,1H3,(H2,21,22,23,25,28). The molecule has 9 heteroatoms. The van der Waals surface area contributed by atoms with E-state index in [-0.39, 0.29) is 11.0 Å². The fourth-order valence-corrected chi connectivity index (χ4v) is 4.21. The summed E-state index contributed by atoms with van der Waals surface area (Å²) in [6.07, 6.45) is 0. The second kappa shape index (κ2) is 8.73. The lowest BCUT2D eigenvalue weighted by atomic mass is 10.2. The van der Waals surface area contributed by atoms with Crippen LogP contribution in [-0.4, -0.2) is 49.4 Å². The SMILES string of the molecule is COc1cccc(C(=O)NC(=S)Nc2nc3ccc(N4CCOCC4)cc3s2)c1. The molecule has 150 valence electrons. The van der Waals surface area contributed by atoms with E-state index in [4.69, 9.17) is 21.7 Å². The summed E-state index contributed by atoms with van der Waals surface area (Å²) in [4.78, 5) is 19.2. The highest BCUT2D eigenvalue weighted by Gasteiger charge is 2.14. The highest BCUT2D eigenvalue weighted by Crippen LogP contribution is 2.30. The van der Waals surface area contributed by atoms with E-state index in [1.54, 1.807) is 31.4 Å². The molecule has 0 spiro atoms. The van der Waals surface area contributed by atoms with Gasteiger partial charge in [-0.1, -0.05) is 17.4 Å². The van der Waals surface area contributed by atoms with Crippen molar-refractivity contribution in [2.75, 3.05) is 43.6 Å². The minimum atomic E-state index is -0.308. The molecule has 0 unspecified atom stereocenters. The minimum absolute atomic E-state index is 0.199. The smallest absolute Gasteiger partial charge is 0.257 e. The normalized spacial score (nSPS) is 13.9. The molecule has 1 fully saturated rings. The van der Waals surface area contributed by atoms with E-state index in [2.05, 4.69) is 32.7 Å². The summed E-state index contributed by atoms with van der Waals surface area (Å²) in [7, 11) is 1.56. The summed E-state index contributed by atoms with van der Waals surface area (Å²) in [5, 5.41) is 6.51. The molecule has 3 aromatic rings. The second-order valence-corrected chi connectivity index (χ2v) is 7.85. The summed E-state index contributed by atoms with van der Waals surface area (Å²) in [6.45, 7) is 3.26. The lowest BCUT2D eigenvalue weighted by Crippen LogP contribution is -2.36. The topological polar surface area (TPSA) is 75.7 Å². The monoisotopic (exact) mass is 428 g/mol. The average Bonchev–Trinajstić information content (AvgIpc) is 3.15. The van der Waals surface area contributed by atoms with Gasteiger partial charge in [0.1, 0.15) is 5.75 Å². The Morgan fingerprint density at radius 2 is 2.07 bits per heavy atom. The first-order valence-electron chi connectivity index (χ1n) is 9.12. The first kappa shape index (κ1) is 19.6. The van der Waals surface area contributed by atoms with Crippen LogP contribution in [0, 0.1) is 0 Å². The number of anilines is 2. The molecule has 0 radical (unpaired) electrons. The molecule has 0 atom stereocenters. The first-order valence-corrected chi connectivity index (χ1v) is 10.3. The van der Waals surface area contributed by atoms with Crippen LogP contribution in [0.15, 0.2) is 42.5 Å². The van der Waals surface area contributed by atoms with Crippen LogP contribution in [0.3, 0.4) is 0 Å². The van der Waals surface area contributed by atoms with Gasteiger partial charge in [0.2, 0.25) is 0 Å². The fourth-order valence-electron chi connectivity index (χ4n) is 3.05. The van der Waals surface area contributed by atoms with Crippen LogP contribution in [0.4, 0.5) is 10.8 Å². The Kier molecular flexibility index (Phi) is 5.89. The molecule has 1 aliphatic heterocycles. The Bertz CT molecular complexity index is 1050. The molecule has 4 rings (SSSR count). The van der Waals surface area contributed by atoms with Crippen LogP contribution in [0.2, 0.25) is 0 Å². The lowest BCUT2D eigenvalue weighted by Gasteiger charge is -2.28. The predicted molar refractivity (Wildman–Crippen MR) is 119 cm³/mol. The molecule has 1 saturated heterocycles. The number of carbonyl (C=O) groups is 1. The molecule has 0 saturated carbocycles. The Labute approximate surface area is 177 Å². The van der Waals surface area contributed by atoms with Crippen LogP contribution in [0.25, 0.3) is 10.2 Å². The van der Waals surface area contributed by atoms with Crippen molar-refractivity contribution in [1.29, 1.82) is 0 Å². The molecule has 2 heterocycles. The van der Waals surface area contributed by atoms with Crippen molar-refractivity contribution in [2.45, 2.75) is 0 Å². The molecule has 1 aliphatic rings. The van der Waals surface area contributed by atoms with E-state index in [0.29, 0.717) is 16.4 Å². The van der Waals surface area contributed by atoms with Crippen molar-refractivity contribution in [1.82, 2.24) is 10.3 Å². The summed E-state index contributed by atoms with van der Waals surface area (Å²) in [6, 6.07) is 13.1. The third-order valence-electron chi connectivity index (χ3n) is 4.53. The number of rotatable bonds is 4. The summed E-state index contributed by atoms with van der Waals surface area (Å²) in [5.74, 6) is 0.302. The van der Waals surface area contributed by atoms with Gasteiger partial charge in [-0.2, -0.15) is 0 Å². The number of benzene rings is 2. The van der Waals surface area contributed by atoms with Gasteiger partial charge in [0.15, 0.2) is 10.2 Å². The van der Waals surface area contributed by atoms with Crippen LogP contribution in [0.1, 0.15) is 10.4 Å². The minimum Gasteiger partial charge on any atom is -0.497 e. The molecule has 0 bridgehead atoms. The van der Waals surface area contributed by atoms with Gasteiger partial charge < -0.3 is 19.7 Å². The molecule has 7 nitrogen and oxygen atoms in total. The summed E-state index contributed by atoms with van der Waals surface area (Å²) in [5.41, 5.74) is 2.51. The number of thiazole rings is 1. The van der Waals surface area contributed by atoms with Gasteiger partial charge in [-0.25, -0.2) is 4.98 Å². The van der Waals surface area contributed by atoms with Gasteiger partial charge in [-0.3, -0.25) is 10.1 Å². The maximum Gasteiger partial charge on any atom is 0.257 e. The second-order valence-electron chi connectivity index (χ2n) is 6.41. The molecule has 0 aliphatic carbocycles. The van der Waals surface area contributed by atoms with Gasteiger partial charge in [0, 0.05) is 24.3 Å². The van der Waals surface area contributed by atoms with Crippen LogP contribution in [-0.2, 0) is 4.74 Å². The number of carbonyl (C=O) groups excluding carboxylic acids is 1. The Morgan fingerprint density at radius 1 is 1.24 bits per heavy atom. The van der Waals surface area contributed by atoms with Gasteiger partial charge in [-0.05, 0) is 48.6 Å². The zero-order chi connectivity index (χ0) is 20.2. The van der Waals surface area contributed by atoms with Gasteiger partial charge >= 0.3 is 0 Å². The third kappa shape index (κ3) is 4.64. The number of aromatic nitrogens is 1. The molecule has 1 aromatic heterocycles. The van der Waals surface area contributed by atoms with Crippen molar-refractivity contribution >= 4 is 55.6 Å². The Morgan fingerprint density at radius 3 is 2.86 bits per heavy atom. The van der Waals surface area contributed by atoms with Gasteiger partial charge in [0.05, 0.1) is 30.5 Å². The number of nitrogens with zero attached hydrogens (tertiary/aromatic N) is 2. The molecular formula is C20H20N4O3S2. The first-order chi connectivity index (χ1) is 14.1. The zero-order valence-electron chi connectivity index (χ0n) is 15.8. The predicted octanol–water partition coefficient (Wildman–Crippen LogP) is 3.27. The van der Waals surface area contributed by atoms with Crippen molar-refractivity contribution in [3.63, 3.8) is 0 Å². The number of fused-ring (bicyclic) bond motifs is 1. The van der Waals surface area contributed by atoms with Crippen molar-refractivity contribution < 1.29 is 14.3 Å². The molecular weight excluding hydrogens is 408 g/mol. The number of methoxy groups -OCH3 is 1. The number of thiocarbonyl (C=S) groups is 1. The number of hydrogen-bond donors (Lipinski definition) is 2. The molecule has 2 N–H and O–H groups in total. The van der Waals surface area contributed by atoms with E-state index in [1.165, 1.54) is 11.3 Å². The maximum atomic E-state index is 12.4. The fraction of sp³-hybridized carbons (Fsp3) is 0.250. The van der Waals surface area contributed by atoms with E-state index < -0.39 is 0 Å². The Hall–Kier alpha value is -2.75. The maximum absolute atomic E-state index is 12.4. The highest BCUT2D eigenvalue weighted by molar-refractivity contribution is 7.80. The quantitative estimate of drug-likeness (QED) is 0.618. The van der Waals surface area contributed by atoms with E-state index in [0.717, 1.165) is 42.2 Å². The average molecular weight is 429 g/mol. The highest BCUT2D eigenvalue weighted by atomic mass is 32.1. The largest absolute Gasteiger partial charge is 0.497 e. The number of ether oxygens (including phenoxy) is 2. The van der Waals surface area contributed by atoms with Gasteiger partial charge in [-0.15, -0.1) is 0 Å². The van der Waals surface area contributed by atoms with Crippen LogP contribution in [0.5, 0.6) is 5.75 Å².